The van der Waals surface area contributed by atoms with E-state index in [0.717, 1.165) is 25.8 Å². The summed E-state index contributed by atoms with van der Waals surface area (Å²) in [5.74, 6) is 0. The molecule has 2 atom stereocenters. The Labute approximate surface area is 133 Å². The van der Waals surface area contributed by atoms with Crippen molar-refractivity contribution in [1.29, 1.82) is 0 Å². The smallest absolute Gasteiger partial charge is 0.410 e. The van der Waals surface area contributed by atoms with E-state index in [2.05, 4.69) is 32.0 Å². The SMILES string of the molecule is Cc1ccc2c(c1)CCC1N(C(=O)OC(C)(C)C)CCC21C. The number of amides is 1. The summed E-state index contributed by atoms with van der Waals surface area (Å²) in [7, 11) is 0. The van der Waals surface area contributed by atoms with Gasteiger partial charge in [0.15, 0.2) is 0 Å². The normalized spacial score (nSPS) is 27.3. The van der Waals surface area contributed by atoms with E-state index < -0.39 is 5.60 Å². The van der Waals surface area contributed by atoms with Crippen molar-refractivity contribution in [1.82, 2.24) is 4.90 Å². The summed E-state index contributed by atoms with van der Waals surface area (Å²) in [5, 5.41) is 0. The van der Waals surface area contributed by atoms with Gasteiger partial charge in [0.2, 0.25) is 0 Å². The minimum atomic E-state index is -0.431. The largest absolute Gasteiger partial charge is 0.444 e. The fourth-order valence-electron chi connectivity index (χ4n) is 4.13. The Balaban J connectivity index is 1.89. The van der Waals surface area contributed by atoms with Crippen LogP contribution in [-0.2, 0) is 16.6 Å². The van der Waals surface area contributed by atoms with Crippen LogP contribution in [-0.4, -0.2) is 29.2 Å². The summed E-state index contributed by atoms with van der Waals surface area (Å²) < 4.78 is 5.61. The van der Waals surface area contributed by atoms with Crippen molar-refractivity contribution in [2.45, 2.75) is 70.9 Å². The molecule has 1 aromatic carbocycles. The van der Waals surface area contributed by atoms with Gasteiger partial charge in [-0.1, -0.05) is 30.7 Å². The first-order valence-corrected chi connectivity index (χ1v) is 8.30. The van der Waals surface area contributed by atoms with Gasteiger partial charge in [-0.3, -0.25) is 0 Å². The first-order chi connectivity index (χ1) is 10.2. The highest BCUT2D eigenvalue weighted by Gasteiger charge is 2.50. The number of carbonyl (C=O) groups is 1. The van der Waals surface area contributed by atoms with Gasteiger partial charge in [-0.05, 0) is 58.1 Å². The number of carbonyl (C=O) groups excluding carboxylic acids is 1. The Hall–Kier alpha value is -1.51. The lowest BCUT2D eigenvalue weighted by Crippen LogP contribution is -2.47. The summed E-state index contributed by atoms with van der Waals surface area (Å²) >= 11 is 0. The van der Waals surface area contributed by atoms with Crippen LogP contribution in [0.3, 0.4) is 0 Å². The molecule has 1 aliphatic carbocycles. The highest BCUT2D eigenvalue weighted by molar-refractivity contribution is 5.70. The average Bonchev–Trinajstić information content (AvgIpc) is 2.74. The lowest BCUT2D eigenvalue weighted by atomic mass is 9.68. The topological polar surface area (TPSA) is 29.5 Å². The second-order valence-corrected chi connectivity index (χ2v) is 8.06. The van der Waals surface area contributed by atoms with E-state index in [1.165, 1.54) is 16.7 Å². The Morgan fingerprint density at radius 1 is 1.36 bits per heavy atom. The molecule has 1 aromatic rings. The third-order valence-electron chi connectivity index (χ3n) is 5.17. The molecule has 2 unspecified atom stereocenters. The molecule has 3 rings (SSSR count). The predicted molar refractivity (Wildman–Crippen MR) is 88.2 cm³/mol. The quantitative estimate of drug-likeness (QED) is 0.718. The molecule has 0 bridgehead atoms. The van der Waals surface area contributed by atoms with Crippen LogP contribution in [0, 0.1) is 6.92 Å². The summed E-state index contributed by atoms with van der Waals surface area (Å²) in [6.45, 7) is 11.0. The van der Waals surface area contributed by atoms with Gasteiger partial charge in [0, 0.05) is 18.0 Å². The van der Waals surface area contributed by atoms with Gasteiger partial charge in [-0.2, -0.15) is 0 Å². The highest BCUT2D eigenvalue weighted by atomic mass is 16.6. The van der Waals surface area contributed by atoms with Crippen molar-refractivity contribution in [2.75, 3.05) is 6.54 Å². The second-order valence-electron chi connectivity index (χ2n) is 8.06. The number of hydrogen-bond acceptors (Lipinski definition) is 2. The van der Waals surface area contributed by atoms with Gasteiger partial charge in [-0.15, -0.1) is 0 Å². The van der Waals surface area contributed by atoms with Gasteiger partial charge in [0.1, 0.15) is 5.60 Å². The Morgan fingerprint density at radius 2 is 2.09 bits per heavy atom. The van der Waals surface area contributed by atoms with E-state index in [0.29, 0.717) is 0 Å². The fourth-order valence-corrected chi connectivity index (χ4v) is 4.13. The molecular weight excluding hydrogens is 274 g/mol. The van der Waals surface area contributed by atoms with E-state index in [9.17, 15) is 4.79 Å². The molecule has 1 aliphatic heterocycles. The number of aryl methyl sites for hydroxylation is 2. The second kappa shape index (κ2) is 5.00. The van der Waals surface area contributed by atoms with E-state index in [1.54, 1.807) is 0 Å². The number of likely N-dealkylation sites (tertiary alicyclic amines) is 1. The maximum Gasteiger partial charge on any atom is 0.410 e. The summed E-state index contributed by atoms with van der Waals surface area (Å²) in [5.41, 5.74) is 3.85. The average molecular weight is 301 g/mol. The van der Waals surface area contributed by atoms with Crippen molar-refractivity contribution < 1.29 is 9.53 Å². The van der Waals surface area contributed by atoms with Crippen LogP contribution in [0.1, 0.15) is 57.2 Å². The standard InChI is InChI=1S/C19H27NO2/c1-13-6-8-15-14(12-13)7-9-16-19(15,5)10-11-20(16)17(21)22-18(2,3)4/h6,8,12,16H,7,9-11H2,1-5H3. The van der Waals surface area contributed by atoms with E-state index in [4.69, 9.17) is 4.74 Å². The highest BCUT2D eigenvalue weighted by Crippen LogP contribution is 2.47. The van der Waals surface area contributed by atoms with Crippen molar-refractivity contribution in [3.63, 3.8) is 0 Å². The number of rotatable bonds is 0. The molecule has 3 heteroatoms. The van der Waals surface area contributed by atoms with Crippen LogP contribution in [0.15, 0.2) is 18.2 Å². The van der Waals surface area contributed by atoms with E-state index >= 15 is 0 Å². The van der Waals surface area contributed by atoms with Crippen molar-refractivity contribution >= 4 is 6.09 Å². The zero-order valence-electron chi connectivity index (χ0n) is 14.4. The Bertz CT molecular complexity index is 602. The minimum absolute atomic E-state index is 0.0676. The molecule has 1 amide bonds. The van der Waals surface area contributed by atoms with Crippen LogP contribution in [0.5, 0.6) is 0 Å². The Kier molecular flexibility index (Phi) is 3.50. The monoisotopic (exact) mass is 301 g/mol. The molecule has 1 saturated heterocycles. The van der Waals surface area contributed by atoms with E-state index in [-0.39, 0.29) is 17.6 Å². The first-order valence-electron chi connectivity index (χ1n) is 8.30. The van der Waals surface area contributed by atoms with Gasteiger partial charge >= 0.3 is 6.09 Å². The van der Waals surface area contributed by atoms with Gasteiger partial charge < -0.3 is 9.64 Å². The fraction of sp³-hybridized carbons (Fsp3) is 0.632. The number of benzene rings is 1. The van der Waals surface area contributed by atoms with Crippen LogP contribution >= 0.6 is 0 Å². The molecule has 0 aromatic heterocycles. The van der Waals surface area contributed by atoms with E-state index in [1.807, 2.05) is 25.7 Å². The zero-order chi connectivity index (χ0) is 16.1. The molecule has 2 aliphatic rings. The van der Waals surface area contributed by atoms with Crippen molar-refractivity contribution in [3.05, 3.63) is 34.9 Å². The van der Waals surface area contributed by atoms with Crippen LogP contribution in [0.25, 0.3) is 0 Å². The number of nitrogens with zero attached hydrogens (tertiary/aromatic N) is 1. The Morgan fingerprint density at radius 3 is 2.77 bits per heavy atom. The number of hydrogen-bond donors (Lipinski definition) is 0. The van der Waals surface area contributed by atoms with Crippen molar-refractivity contribution in [3.8, 4) is 0 Å². The minimum Gasteiger partial charge on any atom is -0.444 e. The van der Waals surface area contributed by atoms with Gasteiger partial charge in [0.05, 0.1) is 0 Å². The molecule has 0 N–H and O–H groups in total. The molecule has 1 heterocycles. The number of ether oxygens (including phenoxy) is 1. The molecule has 1 fully saturated rings. The van der Waals surface area contributed by atoms with Gasteiger partial charge in [0.25, 0.3) is 0 Å². The van der Waals surface area contributed by atoms with Crippen LogP contribution in [0.4, 0.5) is 4.79 Å². The molecule has 3 nitrogen and oxygen atoms in total. The van der Waals surface area contributed by atoms with Gasteiger partial charge in [-0.25, -0.2) is 4.79 Å². The molecule has 0 radical (unpaired) electrons. The summed E-state index contributed by atoms with van der Waals surface area (Å²) in [6.07, 6.45) is 2.95. The zero-order valence-corrected chi connectivity index (χ0v) is 14.4. The molecule has 22 heavy (non-hydrogen) atoms. The lowest BCUT2D eigenvalue weighted by Gasteiger charge is -2.41. The summed E-state index contributed by atoms with van der Waals surface area (Å²) in [4.78, 5) is 14.5. The molecule has 0 spiro atoms. The molecular formula is C19H27NO2. The maximum atomic E-state index is 12.5. The van der Waals surface area contributed by atoms with Crippen molar-refractivity contribution in [2.24, 2.45) is 0 Å². The first kappa shape index (κ1) is 15.4. The maximum absolute atomic E-state index is 12.5. The molecule has 120 valence electrons. The molecule has 0 saturated carbocycles. The number of fused-ring (bicyclic) bond motifs is 3. The third-order valence-corrected chi connectivity index (χ3v) is 5.17. The van der Waals surface area contributed by atoms with Crippen LogP contribution in [0.2, 0.25) is 0 Å². The predicted octanol–water partition coefficient (Wildman–Crippen LogP) is 4.21. The third kappa shape index (κ3) is 2.51. The van der Waals surface area contributed by atoms with Crippen LogP contribution < -0.4 is 0 Å². The lowest BCUT2D eigenvalue weighted by molar-refractivity contribution is 0.0186. The summed E-state index contributed by atoms with van der Waals surface area (Å²) in [6, 6.07) is 7.04.